The molecule has 4 aromatic heterocycles. The van der Waals surface area contributed by atoms with Crippen LogP contribution in [-0.4, -0.2) is 56.1 Å². The number of aromatic nitrogens is 6. The predicted octanol–water partition coefficient (Wildman–Crippen LogP) is 7.96. The van der Waals surface area contributed by atoms with Gasteiger partial charge < -0.3 is 19.8 Å². The number of aromatic amines is 2. The molecule has 0 spiro atoms. The van der Waals surface area contributed by atoms with Crippen LogP contribution in [0.25, 0.3) is 22.1 Å². The van der Waals surface area contributed by atoms with Crippen LogP contribution in [0, 0.1) is 20.8 Å². The molecule has 6 heterocycles. The first kappa shape index (κ1) is 33.9. The van der Waals surface area contributed by atoms with Crippen LogP contribution in [0.5, 0.6) is 0 Å². The van der Waals surface area contributed by atoms with Crippen LogP contribution >= 0.6 is 24.8 Å². The molecule has 42 heavy (non-hydrogen) atoms. The van der Waals surface area contributed by atoms with E-state index in [-0.39, 0.29) is 24.8 Å². The molecule has 10 heteroatoms. The van der Waals surface area contributed by atoms with Crippen molar-refractivity contribution in [1.29, 1.82) is 0 Å². The molecule has 2 N–H and O–H groups in total. The minimum atomic E-state index is 0. The standard InChI is InChI=1S/2C16H24N4.2ClH/c1-4-8-13-11(2)17-15-14(13)18-12(3)19-16(15)20-9-6-5-7-10-20;1-3-4-8-13-11-14-15(19-13)16(18-12(2)17-14)20-9-6-5-7-10-20;;/h17H,4-10H2,1-3H3;11,19H,3-10H2,1-2H3;2*1H. The lowest BCUT2D eigenvalue weighted by Gasteiger charge is -2.28. The molecule has 8 nitrogen and oxygen atoms in total. The number of aryl methyl sites for hydroxylation is 5. The third-order valence-corrected chi connectivity index (χ3v) is 8.29. The van der Waals surface area contributed by atoms with Crippen molar-refractivity contribution in [3.8, 4) is 0 Å². The summed E-state index contributed by atoms with van der Waals surface area (Å²) in [7, 11) is 0. The lowest BCUT2D eigenvalue weighted by atomic mass is 10.1. The summed E-state index contributed by atoms with van der Waals surface area (Å²) >= 11 is 0. The van der Waals surface area contributed by atoms with Gasteiger partial charge in [0.1, 0.15) is 22.7 Å². The Hall–Kier alpha value is -2.58. The number of piperidine rings is 2. The number of anilines is 2. The van der Waals surface area contributed by atoms with Crippen molar-refractivity contribution in [3.05, 3.63) is 34.7 Å². The Labute approximate surface area is 263 Å². The summed E-state index contributed by atoms with van der Waals surface area (Å²) in [6.45, 7) is 15.1. The maximum absolute atomic E-state index is 4.72. The third kappa shape index (κ3) is 7.67. The van der Waals surface area contributed by atoms with E-state index in [9.17, 15) is 0 Å². The summed E-state index contributed by atoms with van der Waals surface area (Å²) in [5, 5.41) is 0. The fourth-order valence-electron chi connectivity index (χ4n) is 6.22. The van der Waals surface area contributed by atoms with E-state index in [0.717, 1.165) is 90.8 Å². The molecule has 0 atom stereocenters. The lowest BCUT2D eigenvalue weighted by molar-refractivity contribution is 0.574. The van der Waals surface area contributed by atoms with E-state index in [2.05, 4.69) is 51.6 Å². The fourth-order valence-corrected chi connectivity index (χ4v) is 6.22. The van der Waals surface area contributed by atoms with Gasteiger partial charge in [-0.1, -0.05) is 26.7 Å². The van der Waals surface area contributed by atoms with E-state index in [1.54, 1.807) is 0 Å². The van der Waals surface area contributed by atoms with E-state index in [4.69, 9.17) is 15.0 Å². The first-order valence-corrected chi connectivity index (χ1v) is 15.7. The fraction of sp³-hybridized carbons (Fsp3) is 0.625. The molecule has 2 aliphatic heterocycles. The van der Waals surface area contributed by atoms with Gasteiger partial charge in [-0.25, -0.2) is 19.9 Å². The van der Waals surface area contributed by atoms with Crippen molar-refractivity contribution in [2.75, 3.05) is 36.0 Å². The predicted molar refractivity (Wildman–Crippen MR) is 181 cm³/mol. The van der Waals surface area contributed by atoms with Crippen LogP contribution in [-0.2, 0) is 12.8 Å². The maximum Gasteiger partial charge on any atom is 0.156 e. The summed E-state index contributed by atoms with van der Waals surface area (Å²) < 4.78 is 0. The van der Waals surface area contributed by atoms with Gasteiger partial charge in [0.2, 0.25) is 0 Å². The number of nitrogens with zero attached hydrogens (tertiary/aromatic N) is 6. The van der Waals surface area contributed by atoms with Crippen molar-refractivity contribution in [1.82, 2.24) is 29.9 Å². The van der Waals surface area contributed by atoms with Crippen molar-refractivity contribution in [2.24, 2.45) is 0 Å². The van der Waals surface area contributed by atoms with Crippen LogP contribution in [0.1, 0.15) is 100 Å². The average Bonchev–Trinajstić information content (AvgIpc) is 3.52. The molecule has 0 amide bonds. The highest BCUT2D eigenvalue weighted by Gasteiger charge is 2.20. The molecule has 232 valence electrons. The van der Waals surface area contributed by atoms with Crippen LogP contribution in [0.2, 0.25) is 0 Å². The van der Waals surface area contributed by atoms with E-state index < -0.39 is 0 Å². The first-order valence-electron chi connectivity index (χ1n) is 15.7. The van der Waals surface area contributed by atoms with Crippen LogP contribution < -0.4 is 9.80 Å². The largest absolute Gasteiger partial charge is 0.355 e. The van der Waals surface area contributed by atoms with Gasteiger partial charge in [-0.2, -0.15) is 0 Å². The zero-order chi connectivity index (χ0) is 28.1. The number of hydrogen-bond acceptors (Lipinski definition) is 6. The molecule has 2 aliphatic rings. The number of nitrogens with one attached hydrogen (secondary N) is 2. The van der Waals surface area contributed by atoms with Gasteiger partial charge in [0.05, 0.1) is 11.0 Å². The summed E-state index contributed by atoms with van der Waals surface area (Å²) in [4.78, 5) is 30.7. The van der Waals surface area contributed by atoms with Gasteiger partial charge in [0.25, 0.3) is 0 Å². The first-order chi connectivity index (χ1) is 19.5. The molecule has 0 radical (unpaired) electrons. The molecule has 0 saturated carbocycles. The highest BCUT2D eigenvalue weighted by molar-refractivity contribution is 5.90. The van der Waals surface area contributed by atoms with Crippen LogP contribution in [0.4, 0.5) is 11.6 Å². The molecule has 2 fully saturated rings. The molecule has 0 unspecified atom stereocenters. The second kappa shape index (κ2) is 15.8. The van der Waals surface area contributed by atoms with E-state index in [0.29, 0.717) is 0 Å². The quantitative estimate of drug-likeness (QED) is 0.219. The lowest BCUT2D eigenvalue weighted by Crippen LogP contribution is -2.30. The SMILES string of the molecule is CCCCc1cc2nc(C)nc(N3CCCCC3)c2[nH]1.CCCc1c(C)[nH]c2c(N3CCCCC3)nc(C)nc12.Cl.Cl. The molecule has 0 bridgehead atoms. The molecule has 6 rings (SSSR count). The van der Waals surface area contributed by atoms with Crippen molar-refractivity contribution in [2.45, 2.75) is 105 Å². The van der Waals surface area contributed by atoms with Crippen LogP contribution in [0.3, 0.4) is 0 Å². The average molecular weight is 618 g/mol. The minimum Gasteiger partial charge on any atom is -0.355 e. The van der Waals surface area contributed by atoms with E-state index in [1.165, 1.54) is 68.3 Å². The summed E-state index contributed by atoms with van der Waals surface area (Å²) in [6, 6.07) is 2.20. The summed E-state index contributed by atoms with van der Waals surface area (Å²) in [5.74, 6) is 3.97. The second-order valence-electron chi connectivity index (χ2n) is 11.6. The topological polar surface area (TPSA) is 89.6 Å². The zero-order valence-corrected chi connectivity index (χ0v) is 27.8. The van der Waals surface area contributed by atoms with Crippen molar-refractivity contribution < 1.29 is 0 Å². The number of fused-ring (bicyclic) bond motifs is 2. The number of rotatable bonds is 7. The Bertz CT molecular complexity index is 1420. The number of unbranched alkanes of at least 4 members (excludes halogenated alkanes) is 1. The minimum absolute atomic E-state index is 0. The second-order valence-corrected chi connectivity index (χ2v) is 11.6. The Balaban J connectivity index is 0.000000220. The van der Waals surface area contributed by atoms with Gasteiger partial charge in [0, 0.05) is 37.6 Å². The number of hydrogen-bond donors (Lipinski definition) is 2. The zero-order valence-electron chi connectivity index (χ0n) is 26.2. The highest BCUT2D eigenvalue weighted by atomic mass is 35.5. The molecular weight excluding hydrogens is 567 g/mol. The normalized spacial score (nSPS) is 15.3. The Morgan fingerprint density at radius 1 is 0.667 bits per heavy atom. The van der Waals surface area contributed by atoms with Gasteiger partial charge in [-0.3, -0.25) is 0 Å². The molecule has 0 aliphatic carbocycles. The Morgan fingerprint density at radius 2 is 1.24 bits per heavy atom. The number of H-pyrrole nitrogens is 2. The molecule has 2 saturated heterocycles. The van der Waals surface area contributed by atoms with Gasteiger partial charge >= 0.3 is 0 Å². The Morgan fingerprint density at radius 3 is 1.81 bits per heavy atom. The monoisotopic (exact) mass is 616 g/mol. The molecule has 4 aromatic rings. The summed E-state index contributed by atoms with van der Waals surface area (Å²) in [5.41, 5.74) is 8.38. The Kier molecular flexibility index (Phi) is 12.7. The van der Waals surface area contributed by atoms with Crippen LogP contribution in [0.15, 0.2) is 6.07 Å². The van der Waals surface area contributed by atoms with E-state index >= 15 is 0 Å². The maximum atomic E-state index is 4.72. The van der Waals surface area contributed by atoms with Gasteiger partial charge in [-0.05, 0) is 90.2 Å². The molecular formula is C32H50Cl2N8. The van der Waals surface area contributed by atoms with Gasteiger partial charge in [-0.15, -0.1) is 24.8 Å². The third-order valence-electron chi connectivity index (χ3n) is 8.29. The smallest absolute Gasteiger partial charge is 0.156 e. The van der Waals surface area contributed by atoms with E-state index in [1.807, 2.05) is 13.8 Å². The van der Waals surface area contributed by atoms with Gasteiger partial charge in [0.15, 0.2) is 11.6 Å². The highest BCUT2D eigenvalue weighted by Crippen LogP contribution is 2.30. The number of halogens is 2. The molecule has 0 aromatic carbocycles. The van der Waals surface area contributed by atoms with Crippen molar-refractivity contribution in [3.63, 3.8) is 0 Å². The van der Waals surface area contributed by atoms with Crippen molar-refractivity contribution >= 4 is 58.5 Å². The summed E-state index contributed by atoms with van der Waals surface area (Å²) in [6.07, 6.45) is 13.5.